The van der Waals surface area contributed by atoms with Gasteiger partial charge in [0.1, 0.15) is 5.69 Å². The molecule has 0 radical (unpaired) electrons. The number of benzene rings is 3. The number of nitrogens with one attached hydrogen (secondary N) is 1. The average Bonchev–Trinajstić information content (AvgIpc) is 3.43. The first-order valence-electron chi connectivity index (χ1n) is 14.5. The van der Waals surface area contributed by atoms with Crippen LogP contribution in [0.1, 0.15) is 52.5 Å². The van der Waals surface area contributed by atoms with Crippen LogP contribution < -0.4 is 15.7 Å². The molecule has 1 N–H and O–H groups in total. The van der Waals surface area contributed by atoms with E-state index in [1.54, 1.807) is 6.07 Å². The highest BCUT2D eigenvalue weighted by atomic mass is 28.4. The molecular weight excluding hydrogens is 546 g/mol. The zero-order valence-electron chi connectivity index (χ0n) is 24.8. The summed E-state index contributed by atoms with van der Waals surface area (Å²) in [7, 11) is -2.89. The van der Waals surface area contributed by atoms with Crippen LogP contribution in [0.2, 0.25) is 5.04 Å². The van der Waals surface area contributed by atoms with Crippen LogP contribution in [0.3, 0.4) is 0 Å². The zero-order valence-corrected chi connectivity index (χ0v) is 25.8. The Morgan fingerprint density at radius 1 is 1.05 bits per heavy atom. The van der Waals surface area contributed by atoms with Crippen LogP contribution in [0.25, 0.3) is 0 Å². The van der Waals surface area contributed by atoms with E-state index in [4.69, 9.17) is 13.9 Å². The quantitative estimate of drug-likeness (QED) is 0.204. The monoisotopic (exact) mass is 585 g/mol. The van der Waals surface area contributed by atoms with E-state index in [-0.39, 0.29) is 16.8 Å². The van der Waals surface area contributed by atoms with Gasteiger partial charge in [-0.1, -0.05) is 88.4 Å². The fourth-order valence-electron chi connectivity index (χ4n) is 6.75. The van der Waals surface area contributed by atoms with Crippen molar-refractivity contribution in [3.63, 3.8) is 0 Å². The molecule has 2 atom stereocenters. The Bertz CT molecular complexity index is 1410. The molecule has 220 valence electrons. The topological polar surface area (TPSA) is 107 Å². The van der Waals surface area contributed by atoms with E-state index < -0.39 is 24.4 Å². The molecular formula is C33H39N3O5Si. The smallest absolute Gasteiger partial charge is 0.292 e. The van der Waals surface area contributed by atoms with Crippen molar-refractivity contribution in [2.24, 2.45) is 5.41 Å². The number of nitrogens with zero attached hydrogens (tertiary/aromatic N) is 2. The maximum Gasteiger partial charge on any atom is 0.292 e. The minimum atomic E-state index is -2.89. The fraction of sp³-hybridized carbons (Fsp3) is 0.424. The van der Waals surface area contributed by atoms with Crippen molar-refractivity contribution in [2.45, 2.75) is 63.9 Å². The Morgan fingerprint density at radius 3 is 2.17 bits per heavy atom. The molecule has 0 amide bonds. The van der Waals surface area contributed by atoms with E-state index in [1.807, 2.05) is 12.1 Å². The van der Waals surface area contributed by atoms with Crippen molar-refractivity contribution < 1.29 is 18.8 Å². The van der Waals surface area contributed by atoms with Gasteiger partial charge in [-0.2, -0.15) is 5.26 Å². The molecule has 3 aromatic rings. The van der Waals surface area contributed by atoms with Crippen LogP contribution in [0.5, 0.6) is 0 Å². The minimum absolute atomic E-state index is 0.0686. The number of nitro benzene ring substituents is 1. The van der Waals surface area contributed by atoms with Gasteiger partial charge in [0.25, 0.3) is 14.0 Å². The molecule has 5 rings (SSSR count). The number of rotatable bonds is 8. The Labute approximate surface area is 248 Å². The average molecular weight is 586 g/mol. The molecule has 0 bridgehead atoms. The van der Waals surface area contributed by atoms with Gasteiger partial charge in [-0.05, 0) is 34.0 Å². The van der Waals surface area contributed by atoms with Gasteiger partial charge in [-0.15, -0.1) is 0 Å². The lowest BCUT2D eigenvalue weighted by atomic mass is 9.70. The van der Waals surface area contributed by atoms with Gasteiger partial charge in [0, 0.05) is 30.9 Å². The van der Waals surface area contributed by atoms with Gasteiger partial charge >= 0.3 is 0 Å². The van der Waals surface area contributed by atoms with Crippen molar-refractivity contribution in [3.8, 4) is 6.07 Å². The molecule has 2 aliphatic rings. The SMILES string of the molecule is CC(C)(C)[Si](O[C@@H]1CCC2(C[C@@]1(C)CNc1cc(C#N)ccc1[N+](=O)[O-])OCCO2)(c1ccccc1)c1ccccc1. The third-order valence-electron chi connectivity index (χ3n) is 8.79. The van der Waals surface area contributed by atoms with Crippen LogP contribution in [-0.4, -0.2) is 44.9 Å². The molecule has 1 aliphatic heterocycles. The molecule has 1 spiro atoms. The van der Waals surface area contributed by atoms with Gasteiger partial charge < -0.3 is 19.2 Å². The molecule has 9 heteroatoms. The van der Waals surface area contributed by atoms with Crippen molar-refractivity contribution in [1.82, 2.24) is 0 Å². The van der Waals surface area contributed by atoms with Gasteiger partial charge in [0.15, 0.2) is 5.79 Å². The number of hydrogen-bond donors (Lipinski definition) is 1. The molecule has 8 nitrogen and oxygen atoms in total. The standard InChI is InChI=1S/C33H39N3O5Si/c1-31(2,3)42(26-11-7-5-8-12-26,27-13-9-6-10-14-27)41-30-17-18-33(39-19-20-40-33)23-32(30,4)24-35-28-21-25(22-34)15-16-29(28)36(37)38/h5-16,21,30,35H,17-20,23-24H2,1-4H3/t30-,32+/m1/s1. The predicted octanol–water partition coefficient (Wildman–Crippen LogP) is 5.76. The van der Waals surface area contributed by atoms with Crippen molar-refractivity contribution in [3.05, 3.63) is 94.5 Å². The molecule has 0 aromatic heterocycles. The second-order valence-corrected chi connectivity index (χ2v) is 17.0. The maximum absolute atomic E-state index is 11.9. The van der Waals surface area contributed by atoms with Crippen LogP contribution in [0.4, 0.5) is 11.4 Å². The van der Waals surface area contributed by atoms with Gasteiger partial charge in [0.2, 0.25) is 0 Å². The van der Waals surface area contributed by atoms with E-state index in [0.29, 0.717) is 50.3 Å². The highest BCUT2D eigenvalue weighted by Gasteiger charge is 2.57. The molecule has 1 aliphatic carbocycles. The zero-order chi connectivity index (χ0) is 30.0. The summed E-state index contributed by atoms with van der Waals surface area (Å²) in [5, 5.41) is 26.9. The van der Waals surface area contributed by atoms with E-state index in [1.165, 1.54) is 22.5 Å². The number of nitriles is 1. The molecule has 1 heterocycles. The summed E-state index contributed by atoms with van der Waals surface area (Å²) in [6, 6.07) is 27.6. The lowest BCUT2D eigenvalue weighted by molar-refractivity contribution is -0.384. The summed E-state index contributed by atoms with van der Waals surface area (Å²) in [6.45, 7) is 10.4. The molecule has 2 fully saturated rings. The second kappa shape index (κ2) is 11.6. The number of ether oxygens (including phenoxy) is 2. The third kappa shape index (κ3) is 5.60. The van der Waals surface area contributed by atoms with Crippen LogP contribution in [-0.2, 0) is 13.9 Å². The predicted molar refractivity (Wildman–Crippen MR) is 165 cm³/mol. The van der Waals surface area contributed by atoms with E-state index >= 15 is 0 Å². The van der Waals surface area contributed by atoms with Crippen molar-refractivity contribution >= 4 is 30.1 Å². The lowest BCUT2D eigenvalue weighted by Gasteiger charge is -2.53. The molecule has 1 saturated heterocycles. The van der Waals surface area contributed by atoms with E-state index in [9.17, 15) is 15.4 Å². The summed E-state index contributed by atoms with van der Waals surface area (Å²) in [5.74, 6) is -0.706. The third-order valence-corrected chi connectivity index (χ3v) is 13.8. The normalized spacial score (nSPS) is 22.0. The van der Waals surface area contributed by atoms with Gasteiger partial charge in [-0.3, -0.25) is 10.1 Å². The summed E-state index contributed by atoms with van der Waals surface area (Å²) in [5.41, 5.74) is 0.0841. The van der Waals surface area contributed by atoms with E-state index in [0.717, 1.165) is 0 Å². The first kappa shape index (κ1) is 29.9. The van der Waals surface area contributed by atoms with Crippen LogP contribution >= 0.6 is 0 Å². The largest absolute Gasteiger partial charge is 0.404 e. The minimum Gasteiger partial charge on any atom is -0.404 e. The summed E-state index contributed by atoms with van der Waals surface area (Å²) in [4.78, 5) is 11.4. The van der Waals surface area contributed by atoms with Crippen molar-refractivity contribution in [1.29, 1.82) is 5.26 Å². The lowest BCUT2D eigenvalue weighted by Crippen LogP contribution is -2.69. The molecule has 42 heavy (non-hydrogen) atoms. The molecule has 1 saturated carbocycles. The van der Waals surface area contributed by atoms with Crippen molar-refractivity contribution in [2.75, 3.05) is 25.1 Å². The Balaban J connectivity index is 1.58. The summed E-state index contributed by atoms with van der Waals surface area (Å²) < 4.78 is 20.0. The number of anilines is 1. The number of nitro groups is 1. The first-order valence-corrected chi connectivity index (χ1v) is 16.4. The second-order valence-electron chi connectivity index (χ2n) is 12.7. The van der Waals surface area contributed by atoms with Crippen LogP contribution in [0, 0.1) is 26.9 Å². The first-order chi connectivity index (χ1) is 20.0. The Hall–Kier alpha value is -3.55. The number of hydrogen-bond acceptors (Lipinski definition) is 7. The van der Waals surface area contributed by atoms with Gasteiger partial charge in [0.05, 0.1) is 35.9 Å². The highest BCUT2D eigenvalue weighted by Crippen LogP contribution is 2.50. The van der Waals surface area contributed by atoms with E-state index in [2.05, 4.69) is 87.6 Å². The maximum atomic E-state index is 11.9. The van der Waals surface area contributed by atoms with Gasteiger partial charge in [-0.25, -0.2) is 0 Å². The Morgan fingerprint density at radius 2 is 1.64 bits per heavy atom. The fourth-order valence-corrected chi connectivity index (χ4v) is 11.6. The highest BCUT2D eigenvalue weighted by molar-refractivity contribution is 6.99. The summed E-state index contributed by atoms with van der Waals surface area (Å²) >= 11 is 0. The molecule has 0 unspecified atom stereocenters. The molecule has 3 aromatic carbocycles. The Kier molecular flexibility index (Phi) is 8.27. The van der Waals surface area contributed by atoms with Crippen LogP contribution in [0.15, 0.2) is 78.9 Å². The summed E-state index contributed by atoms with van der Waals surface area (Å²) in [6.07, 6.45) is 1.79.